The maximum absolute atomic E-state index is 12.0. The summed E-state index contributed by atoms with van der Waals surface area (Å²) in [4.78, 5) is 23.2. The first-order valence-corrected chi connectivity index (χ1v) is 7.90. The van der Waals surface area contributed by atoms with E-state index in [1.807, 2.05) is 30.3 Å². The van der Waals surface area contributed by atoms with Crippen LogP contribution in [0.2, 0.25) is 4.82 Å². The van der Waals surface area contributed by atoms with Crippen LogP contribution in [-0.4, -0.2) is 40.6 Å². The molecule has 0 radical (unpaired) electrons. The van der Waals surface area contributed by atoms with Crippen molar-refractivity contribution in [2.75, 3.05) is 13.7 Å². The molecule has 0 heterocycles. The first kappa shape index (κ1) is 15.7. The minimum absolute atomic E-state index is 0.166. The molecule has 0 aliphatic rings. The summed E-state index contributed by atoms with van der Waals surface area (Å²) in [5.41, 5.74) is 0. The molecule has 0 aliphatic carbocycles. The average Bonchev–Trinajstić information content (AvgIpc) is 2.44. The number of methoxy groups -OCH3 is 1. The fraction of sp³-hybridized carbons (Fsp3) is 0.429. The summed E-state index contributed by atoms with van der Waals surface area (Å²) < 4.78 is 10.8. The predicted octanol–water partition coefficient (Wildman–Crippen LogP) is 1.18. The normalized spacial score (nSPS) is 13.4. The molecule has 0 aromatic heterocycles. The number of rotatable bonds is 6. The summed E-state index contributed by atoms with van der Waals surface area (Å²) in [5, 5.41) is 0. The van der Waals surface area contributed by atoms with E-state index in [0.717, 1.165) is 4.46 Å². The van der Waals surface area contributed by atoms with Crippen LogP contribution in [0.3, 0.4) is 0 Å². The second kappa shape index (κ2) is 7.97. The van der Waals surface area contributed by atoms with Crippen molar-refractivity contribution < 1.29 is 19.1 Å². The summed E-state index contributed by atoms with van der Waals surface area (Å²) in [6, 6.07) is 9.67. The van der Waals surface area contributed by atoms with Crippen LogP contribution in [0.1, 0.15) is 13.8 Å². The SMILES string of the molecule is CCOC(=O)[C@H]([Se]c1ccccc1)[C@H](C)C(=O)OC. The zero-order valence-electron chi connectivity index (χ0n) is 11.3. The van der Waals surface area contributed by atoms with Crippen LogP contribution < -0.4 is 4.46 Å². The maximum atomic E-state index is 12.0. The summed E-state index contributed by atoms with van der Waals surface area (Å²) in [5.74, 6) is -1.20. The molecule has 0 spiro atoms. The standard InChI is InChI=1S/C14H18O4Se/c1-4-18-14(16)12(10(2)13(15)17-3)19-11-8-6-5-7-9-11/h5-10,12H,4H2,1-3H3/t10-,12+/m0/s1. The Morgan fingerprint density at radius 1 is 1.21 bits per heavy atom. The van der Waals surface area contributed by atoms with Crippen LogP contribution in [0.4, 0.5) is 0 Å². The molecule has 5 heteroatoms. The molecule has 104 valence electrons. The Balaban J connectivity index is 2.86. The van der Waals surface area contributed by atoms with E-state index in [1.165, 1.54) is 7.11 Å². The molecule has 2 atom stereocenters. The van der Waals surface area contributed by atoms with Gasteiger partial charge in [-0.25, -0.2) is 0 Å². The Bertz CT molecular complexity index is 419. The third kappa shape index (κ3) is 4.69. The molecule has 0 saturated carbocycles. The first-order chi connectivity index (χ1) is 9.10. The third-order valence-electron chi connectivity index (χ3n) is 2.55. The molecule has 0 amide bonds. The first-order valence-electron chi connectivity index (χ1n) is 6.06. The van der Waals surface area contributed by atoms with Gasteiger partial charge in [0.25, 0.3) is 0 Å². The van der Waals surface area contributed by atoms with E-state index in [-0.39, 0.29) is 26.9 Å². The number of carbonyl (C=O) groups excluding carboxylic acids is 2. The van der Waals surface area contributed by atoms with Gasteiger partial charge >= 0.3 is 119 Å². The summed E-state index contributed by atoms with van der Waals surface area (Å²) in [6.45, 7) is 3.78. The monoisotopic (exact) mass is 330 g/mol. The molecule has 19 heavy (non-hydrogen) atoms. The molecule has 0 fully saturated rings. The van der Waals surface area contributed by atoms with Gasteiger partial charge in [-0.2, -0.15) is 0 Å². The topological polar surface area (TPSA) is 52.6 Å². The molecule has 4 nitrogen and oxygen atoms in total. The van der Waals surface area contributed by atoms with E-state index in [9.17, 15) is 9.59 Å². The summed E-state index contributed by atoms with van der Waals surface area (Å²) >= 11 is -0.166. The van der Waals surface area contributed by atoms with E-state index >= 15 is 0 Å². The minimum atomic E-state index is -0.496. The van der Waals surface area contributed by atoms with Crippen LogP contribution in [0.25, 0.3) is 0 Å². The molecule has 1 rings (SSSR count). The van der Waals surface area contributed by atoms with Gasteiger partial charge in [-0.1, -0.05) is 0 Å². The predicted molar refractivity (Wildman–Crippen MR) is 73.4 cm³/mol. The Morgan fingerprint density at radius 2 is 1.84 bits per heavy atom. The van der Waals surface area contributed by atoms with Gasteiger partial charge in [-0.15, -0.1) is 0 Å². The fourth-order valence-corrected chi connectivity index (χ4v) is 3.81. The number of esters is 2. The Kier molecular flexibility index (Phi) is 6.60. The van der Waals surface area contributed by atoms with Gasteiger partial charge in [0.15, 0.2) is 0 Å². The van der Waals surface area contributed by atoms with Gasteiger partial charge in [0.1, 0.15) is 0 Å². The van der Waals surface area contributed by atoms with Crippen LogP contribution >= 0.6 is 0 Å². The Labute approximate surface area is 119 Å². The molecule has 1 aromatic carbocycles. The van der Waals surface area contributed by atoms with Crippen molar-refractivity contribution in [1.82, 2.24) is 0 Å². The van der Waals surface area contributed by atoms with Crippen molar-refractivity contribution in [1.29, 1.82) is 0 Å². The van der Waals surface area contributed by atoms with E-state index in [0.29, 0.717) is 6.61 Å². The van der Waals surface area contributed by atoms with E-state index < -0.39 is 10.7 Å². The molecule has 0 bridgehead atoms. The average molecular weight is 329 g/mol. The fourth-order valence-electron chi connectivity index (χ4n) is 1.53. The van der Waals surface area contributed by atoms with Crippen molar-refractivity contribution >= 4 is 31.4 Å². The van der Waals surface area contributed by atoms with E-state index in [1.54, 1.807) is 13.8 Å². The van der Waals surface area contributed by atoms with Gasteiger partial charge in [0.05, 0.1) is 0 Å². The zero-order chi connectivity index (χ0) is 14.3. The van der Waals surface area contributed by atoms with Crippen LogP contribution in [0, 0.1) is 5.92 Å². The number of hydrogen-bond donors (Lipinski definition) is 0. The number of hydrogen-bond acceptors (Lipinski definition) is 4. The van der Waals surface area contributed by atoms with Crippen molar-refractivity contribution in [3.05, 3.63) is 30.3 Å². The second-order valence-electron chi connectivity index (χ2n) is 3.92. The van der Waals surface area contributed by atoms with Crippen LogP contribution in [0.15, 0.2) is 30.3 Å². The summed E-state index contributed by atoms with van der Waals surface area (Å²) in [6.07, 6.45) is 0. The van der Waals surface area contributed by atoms with Crippen molar-refractivity contribution in [3.63, 3.8) is 0 Å². The molecular weight excluding hydrogens is 311 g/mol. The summed E-state index contributed by atoms with van der Waals surface area (Å²) in [7, 11) is 1.33. The van der Waals surface area contributed by atoms with Gasteiger partial charge in [-0.05, 0) is 0 Å². The van der Waals surface area contributed by atoms with Crippen LogP contribution in [-0.2, 0) is 19.1 Å². The van der Waals surface area contributed by atoms with Gasteiger partial charge in [0, 0.05) is 0 Å². The van der Waals surface area contributed by atoms with Crippen LogP contribution in [0.5, 0.6) is 0 Å². The number of carbonyl (C=O) groups is 2. The van der Waals surface area contributed by atoms with Gasteiger partial charge in [-0.3, -0.25) is 0 Å². The van der Waals surface area contributed by atoms with E-state index in [4.69, 9.17) is 9.47 Å². The number of ether oxygens (including phenoxy) is 2. The third-order valence-corrected chi connectivity index (χ3v) is 5.49. The van der Waals surface area contributed by atoms with Crippen molar-refractivity contribution in [3.8, 4) is 0 Å². The molecule has 0 saturated heterocycles. The molecule has 0 unspecified atom stereocenters. The van der Waals surface area contributed by atoms with Gasteiger partial charge in [0.2, 0.25) is 0 Å². The van der Waals surface area contributed by atoms with Crippen molar-refractivity contribution in [2.24, 2.45) is 5.92 Å². The molecule has 0 N–H and O–H groups in total. The molecule has 0 aliphatic heterocycles. The van der Waals surface area contributed by atoms with Crippen molar-refractivity contribution in [2.45, 2.75) is 18.7 Å². The second-order valence-corrected chi connectivity index (χ2v) is 6.46. The van der Waals surface area contributed by atoms with Gasteiger partial charge < -0.3 is 0 Å². The molecule has 1 aromatic rings. The zero-order valence-corrected chi connectivity index (χ0v) is 13.0. The Hall–Kier alpha value is -1.32. The molecular formula is C14H18O4Se. The van der Waals surface area contributed by atoms with E-state index in [2.05, 4.69) is 0 Å². The quantitative estimate of drug-likeness (QED) is 0.581. The number of benzene rings is 1. The Morgan fingerprint density at radius 3 is 2.37 bits per heavy atom.